The molecule has 1 aromatic rings. The zero-order chi connectivity index (χ0) is 20.4. The molecule has 10 heteroatoms. The first kappa shape index (κ1) is 21.0. The molecule has 6 nitrogen and oxygen atoms in total. The Bertz CT molecular complexity index is 754. The van der Waals surface area contributed by atoms with Crippen molar-refractivity contribution in [3.8, 4) is 0 Å². The number of nitrogens with zero attached hydrogens (tertiary/aromatic N) is 1. The highest BCUT2D eigenvalue weighted by atomic mass is 35.5. The Balaban J connectivity index is 1.85. The van der Waals surface area contributed by atoms with Gasteiger partial charge in [-0.3, -0.25) is 14.4 Å². The molecule has 1 N–H and O–H groups in total. The van der Waals surface area contributed by atoms with Crippen LogP contribution in [0.5, 0.6) is 0 Å². The van der Waals surface area contributed by atoms with Crippen molar-refractivity contribution in [3.63, 3.8) is 0 Å². The van der Waals surface area contributed by atoms with Crippen LogP contribution < -0.4 is 5.32 Å². The third-order valence-electron chi connectivity index (χ3n) is 4.11. The Morgan fingerprint density at radius 3 is 2.52 bits per heavy atom. The summed E-state index contributed by atoms with van der Waals surface area (Å²) in [4.78, 5) is 36.4. The lowest BCUT2D eigenvalue weighted by molar-refractivity contribution is -0.153. The van der Waals surface area contributed by atoms with E-state index in [-0.39, 0.29) is 17.5 Å². The first-order valence-electron chi connectivity index (χ1n) is 8.06. The number of hydrogen-bond donors (Lipinski definition) is 1. The number of ether oxygens (including phenoxy) is 1. The minimum Gasteiger partial charge on any atom is -0.455 e. The molecule has 2 atom stereocenters. The maximum Gasteiger partial charge on any atom is 0.417 e. The van der Waals surface area contributed by atoms with Crippen molar-refractivity contribution in [1.29, 1.82) is 0 Å². The van der Waals surface area contributed by atoms with Crippen LogP contribution >= 0.6 is 11.6 Å². The summed E-state index contributed by atoms with van der Waals surface area (Å²) in [5, 5.41) is 1.78. The topological polar surface area (TPSA) is 75.7 Å². The van der Waals surface area contributed by atoms with Gasteiger partial charge < -0.3 is 15.0 Å². The number of hydrogen-bond acceptors (Lipinski definition) is 4. The van der Waals surface area contributed by atoms with Crippen LogP contribution in [0.1, 0.15) is 18.9 Å². The van der Waals surface area contributed by atoms with E-state index in [1.165, 1.54) is 13.1 Å². The second-order valence-corrected chi connectivity index (χ2v) is 6.82. The van der Waals surface area contributed by atoms with E-state index in [0.29, 0.717) is 6.07 Å². The number of esters is 1. The maximum atomic E-state index is 12.8. The summed E-state index contributed by atoms with van der Waals surface area (Å²) in [6, 6.07) is 2.95. The molecule has 0 saturated heterocycles. The van der Waals surface area contributed by atoms with E-state index in [9.17, 15) is 27.6 Å². The number of benzene rings is 1. The number of halogens is 4. The molecule has 2 amide bonds. The summed E-state index contributed by atoms with van der Waals surface area (Å²) in [5.74, 6) is -1.69. The van der Waals surface area contributed by atoms with Crippen molar-refractivity contribution in [1.82, 2.24) is 4.90 Å². The summed E-state index contributed by atoms with van der Waals surface area (Å²) in [6.07, 6.45) is -3.93. The molecule has 1 fully saturated rings. The fourth-order valence-corrected chi connectivity index (χ4v) is 2.55. The van der Waals surface area contributed by atoms with Crippen LogP contribution in [0.25, 0.3) is 0 Å². The predicted octanol–water partition coefficient (Wildman–Crippen LogP) is 2.95. The number of alkyl halides is 3. The molecule has 148 valence electrons. The van der Waals surface area contributed by atoms with E-state index in [1.807, 2.05) is 6.92 Å². The second-order valence-electron chi connectivity index (χ2n) is 6.42. The number of anilines is 1. The molecule has 27 heavy (non-hydrogen) atoms. The van der Waals surface area contributed by atoms with Crippen molar-refractivity contribution >= 4 is 35.1 Å². The van der Waals surface area contributed by atoms with Gasteiger partial charge in [0.25, 0.3) is 5.91 Å². The Morgan fingerprint density at radius 2 is 1.96 bits per heavy atom. The van der Waals surface area contributed by atoms with Crippen molar-refractivity contribution in [2.75, 3.05) is 25.5 Å². The molecule has 2 rings (SSSR count). The van der Waals surface area contributed by atoms with Gasteiger partial charge in [-0.05, 0) is 30.5 Å². The Kier molecular flexibility index (Phi) is 6.35. The molecule has 0 bridgehead atoms. The first-order valence-corrected chi connectivity index (χ1v) is 8.44. The van der Waals surface area contributed by atoms with Crippen LogP contribution in [-0.2, 0) is 25.3 Å². The van der Waals surface area contributed by atoms with Crippen molar-refractivity contribution < 1.29 is 32.3 Å². The van der Waals surface area contributed by atoms with E-state index in [0.717, 1.165) is 17.4 Å². The Labute approximate surface area is 158 Å². The molecular formula is C17H18ClF3N2O4. The molecular weight excluding hydrogens is 389 g/mol. The van der Waals surface area contributed by atoms with E-state index < -0.39 is 47.7 Å². The largest absolute Gasteiger partial charge is 0.455 e. The normalized spacial score (nSPS) is 18.6. The average molecular weight is 407 g/mol. The minimum atomic E-state index is -4.66. The zero-order valence-corrected chi connectivity index (χ0v) is 15.4. The molecule has 0 heterocycles. The fourth-order valence-electron chi connectivity index (χ4n) is 2.32. The van der Waals surface area contributed by atoms with Crippen LogP contribution in [0.15, 0.2) is 18.2 Å². The average Bonchev–Trinajstić information content (AvgIpc) is 3.29. The lowest BCUT2D eigenvalue weighted by atomic mass is 10.2. The lowest BCUT2D eigenvalue weighted by Gasteiger charge is -2.17. The fraction of sp³-hybridized carbons (Fsp3) is 0.471. The van der Waals surface area contributed by atoms with E-state index >= 15 is 0 Å². The van der Waals surface area contributed by atoms with E-state index in [2.05, 4.69) is 5.32 Å². The van der Waals surface area contributed by atoms with Gasteiger partial charge in [-0.1, -0.05) is 18.5 Å². The maximum absolute atomic E-state index is 12.8. The molecule has 0 aliphatic heterocycles. The molecule has 1 saturated carbocycles. The number of amides is 2. The minimum absolute atomic E-state index is 0.105. The zero-order valence-electron chi connectivity index (χ0n) is 14.6. The number of rotatable bonds is 6. The van der Waals surface area contributed by atoms with Gasteiger partial charge >= 0.3 is 12.1 Å². The molecule has 0 spiro atoms. The number of likely N-dealkylation sites (N-methyl/N-ethyl adjacent to an activating group) is 1. The SMILES string of the molecule is C[C@@H]1C[C@@H]1C(=O)OCC(=O)N(C)CC(=O)Nc1ccc(Cl)c(C(F)(F)F)c1. The number of carbonyl (C=O) groups excluding carboxylic acids is 3. The molecule has 0 unspecified atom stereocenters. The third-order valence-corrected chi connectivity index (χ3v) is 4.44. The van der Waals surface area contributed by atoms with E-state index in [1.54, 1.807) is 0 Å². The van der Waals surface area contributed by atoms with Crippen LogP contribution in [0.4, 0.5) is 18.9 Å². The Hall–Kier alpha value is -2.29. The number of carbonyl (C=O) groups is 3. The molecule has 1 aliphatic rings. The van der Waals surface area contributed by atoms with Gasteiger partial charge in [-0.25, -0.2) is 0 Å². The van der Waals surface area contributed by atoms with Gasteiger partial charge in [0.1, 0.15) is 0 Å². The van der Waals surface area contributed by atoms with Gasteiger partial charge in [0.05, 0.1) is 23.0 Å². The summed E-state index contributed by atoms with van der Waals surface area (Å²) in [7, 11) is 1.32. The van der Waals surface area contributed by atoms with Gasteiger partial charge in [-0.2, -0.15) is 13.2 Å². The monoisotopic (exact) mass is 406 g/mol. The first-order chi connectivity index (χ1) is 12.5. The Morgan fingerprint density at radius 1 is 1.33 bits per heavy atom. The van der Waals surface area contributed by atoms with Crippen LogP contribution in [0.3, 0.4) is 0 Å². The van der Waals surface area contributed by atoms with Gasteiger partial charge in [-0.15, -0.1) is 0 Å². The van der Waals surface area contributed by atoms with Crippen molar-refractivity contribution in [2.24, 2.45) is 11.8 Å². The van der Waals surface area contributed by atoms with Gasteiger partial charge in [0.2, 0.25) is 5.91 Å². The van der Waals surface area contributed by atoms with E-state index in [4.69, 9.17) is 16.3 Å². The van der Waals surface area contributed by atoms with Gasteiger partial charge in [0, 0.05) is 12.7 Å². The molecule has 1 aliphatic carbocycles. The second kappa shape index (κ2) is 8.16. The predicted molar refractivity (Wildman–Crippen MR) is 91.0 cm³/mol. The molecule has 0 aromatic heterocycles. The van der Waals surface area contributed by atoms with Crippen LogP contribution in [-0.4, -0.2) is 42.9 Å². The summed E-state index contributed by atoms with van der Waals surface area (Å²) < 4.78 is 43.4. The van der Waals surface area contributed by atoms with Crippen molar-refractivity contribution in [2.45, 2.75) is 19.5 Å². The highest BCUT2D eigenvalue weighted by Gasteiger charge is 2.40. The summed E-state index contributed by atoms with van der Waals surface area (Å²) in [5.41, 5.74) is -1.18. The number of nitrogens with one attached hydrogen (secondary N) is 1. The highest BCUT2D eigenvalue weighted by molar-refractivity contribution is 6.31. The smallest absolute Gasteiger partial charge is 0.417 e. The summed E-state index contributed by atoms with van der Waals surface area (Å²) in [6.45, 7) is 0.983. The lowest BCUT2D eigenvalue weighted by Crippen LogP contribution is -2.37. The molecule has 0 radical (unpaired) electrons. The highest BCUT2D eigenvalue weighted by Crippen LogP contribution is 2.38. The van der Waals surface area contributed by atoms with Crippen LogP contribution in [0, 0.1) is 11.8 Å². The summed E-state index contributed by atoms with van der Waals surface area (Å²) >= 11 is 5.51. The van der Waals surface area contributed by atoms with Crippen LogP contribution in [0.2, 0.25) is 5.02 Å². The van der Waals surface area contributed by atoms with Crippen molar-refractivity contribution in [3.05, 3.63) is 28.8 Å². The third kappa shape index (κ3) is 5.85. The molecule has 1 aromatic carbocycles. The van der Waals surface area contributed by atoms with Gasteiger partial charge in [0.15, 0.2) is 6.61 Å². The standard InChI is InChI=1S/C17H18ClF3N2O4/c1-9-5-11(9)16(26)27-8-15(25)23(2)7-14(24)22-10-3-4-13(18)12(6-10)17(19,20)21/h3-4,6,9,11H,5,7-8H2,1-2H3,(H,22,24)/t9-,11+/m1/s1. The quantitative estimate of drug-likeness (QED) is 0.737.